The van der Waals surface area contributed by atoms with Crippen molar-refractivity contribution < 1.29 is 19.1 Å². The van der Waals surface area contributed by atoms with E-state index in [-0.39, 0.29) is 12.0 Å². The number of rotatable bonds is 5. The average Bonchev–Trinajstić information content (AvgIpc) is 2.59. The van der Waals surface area contributed by atoms with Crippen LogP contribution in [-0.2, 0) is 9.47 Å². The fourth-order valence-corrected chi connectivity index (χ4v) is 5.81. The lowest BCUT2D eigenvalue weighted by atomic mass is 9.50. The monoisotopic (exact) mass is 342 g/mol. The molecule has 4 saturated carbocycles. The van der Waals surface area contributed by atoms with E-state index in [1.54, 1.807) is 31.2 Å². The molecule has 0 spiro atoms. The van der Waals surface area contributed by atoms with Gasteiger partial charge < -0.3 is 9.47 Å². The first-order valence-corrected chi connectivity index (χ1v) is 9.52. The second-order valence-electron chi connectivity index (χ2n) is 8.26. The second-order valence-corrected chi connectivity index (χ2v) is 8.26. The highest BCUT2D eigenvalue weighted by molar-refractivity contribution is 6.03. The van der Waals surface area contributed by atoms with Crippen LogP contribution in [-0.4, -0.2) is 25.2 Å². The van der Waals surface area contributed by atoms with Crippen molar-refractivity contribution >= 4 is 11.9 Å². The van der Waals surface area contributed by atoms with Crippen molar-refractivity contribution in [3.63, 3.8) is 0 Å². The Hall–Kier alpha value is -1.84. The molecule has 4 bridgehead atoms. The quantitative estimate of drug-likeness (QED) is 0.751. The minimum absolute atomic E-state index is 0.184. The summed E-state index contributed by atoms with van der Waals surface area (Å²) >= 11 is 0. The van der Waals surface area contributed by atoms with E-state index in [4.69, 9.17) is 9.47 Å². The summed E-state index contributed by atoms with van der Waals surface area (Å²) in [6.07, 6.45) is 7.72. The maximum absolute atomic E-state index is 12.6. The van der Waals surface area contributed by atoms with E-state index >= 15 is 0 Å². The molecular weight excluding hydrogens is 316 g/mol. The summed E-state index contributed by atoms with van der Waals surface area (Å²) in [6.45, 7) is 2.54. The Kier molecular flexibility index (Phi) is 4.30. The highest BCUT2D eigenvalue weighted by Crippen LogP contribution is 2.60. The normalized spacial score (nSPS) is 32.4. The third-order valence-electron chi connectivity index (χ3n) is 6.32. The third kappa shape index (κ3) is 3.19. The molecule has 4 aliphatic rings. The topological polar surface area (TPSA) is 52.6 Å². The van der Waals surface area contributed by atoms with Crippen LogP contribution in [0.4, 0.5) is 0 Å². The first-order valence-electron chi connectivity index (χ1n) is 9.52. The molecule has 0 N–H and O–H groups in total. The third-order valence-corrected chi connectivity index (χ3v) is 6.32. The van der Waals surface area contributed by atoms with Crippen LogP contribution in [0.1, 0.15) is 66.2 Å². The van der Waals surface area contributed by atoms with E-state index in [0.717, 1.165) is 17.8 Å². The predicted octanol–water partition coefficient (Wildman–Crippen LogP) is 4.24. The molecule has 5 rings (SSSR count). The van der Waals surface area contributed by atoms with Gasteiger partial charge in [0.15, 0.2) is 0 Å². The Labute approximate surface area is 148 Å². The van der Waals surface area contributed by atoms with Gasteiger partial charge in [-0.25, -0.2) is 9.59 Å². The van der Waals surface area contributed by atoms with Crippen LogP contribution in [0.25, 0.3) is 0 Å². The number of carbonyl (C=O) groups is 2. The Bertz CT molecular complexity index is 643. The summed E-state index contributed by atoms with van der Waals surface area (Å²) in [5.74, 6) is 1.62. The van der Waals surface area contributed by atoms with E-state index in [1.165, 1.54) is 38.5 Å². The van der Waals surface area contributed by atoms with Gasteiger partial charge in [0.25, 0.3) is 0 Å². The zero-order valence-electron chi connectivity index (χ0n) is 14.8. The van der Waals surface area contributed by atoms with Crippen molar-refractivity contribution in [1.29, 1.82) is 0 Å². The summed E-state index contributed by atoms with van der Waals surface area (Å²) in [5, 5.41) is 0. The number of benzene rings is 1. The van der Waals surface area contributed by atoms with E-state index in [9.17, 15) is 9.59 Å². The van der Waals surface area contributed by atoms with Crippen molar-refractivity contribution in [3.8, 4) is 0 Å². The summed E-state index contributed by atoms with van der Waals surface area (Å²) in [7, 11) is 0. The summed E-state index contributed by atoms with van der Waals surface area (Å²) < 4.78 is 10.8. The van der Waals surface area contributed by atoms with Gasteiger partial charge in [0, 0.05) is 5.41 Å². The van der Waals surface area contributed by atoms with Gasteiger partial charge in [0.1, 0.15) is 0 Å². The van der Waals surface area contributed by atoms with Crippen molar-refractivity contribution in [2.45, 2.75) is 45.4 Å². The smallest absolute Gasteiger partial charge is 0.339 e. The molecule has 134 valence electrons. The predicted molar refractivity (Wildman–Crippen MR) is 93.3 cm³/mol. The van der Waals surface area contributed by atoms with Gasteiger partial charge in [0.2, 0.25) is 0 Å². The van der Waals surface area contributed by atoms with Crippen molar-refractivity contribution in [3.05, 3.63) is 35.4 Å². The highest BCUT2D eigenvalue weighted by atomic mass is 16.5. The number of hydrogen-bond donors (Lipinski definition) is 0. The number of ether oxygens (including phenoxy) is 2. The minimum atomic E-state index is -0.468. The molecule has 0 atom stereocenters. The first kappa shape index (κ1) is 16.6. The first-order chi connectivity index (χ1) is 12.1. The molecule has 4 nitrogen and oxygen atoms in total. The Morgan fingerprint density at radius 3 is 1.88 bits per heavy atom. The van der Waals surface area contributed by atoms with Gasteiger partial charge in [-0.2, -0.15) is 0 Å². The molecule has 0 amide bonds. The van der Waals surface area contributed by atoms with Gasteiger partial charge in [-0.1, -0.05) is 12.1 Å². The maximum atomic E-state index is 12.6. The lowest BCUT2D eigenvalue weighted by molar-refractivity contribution is -0.0848. The Balaban J connectivity index is 1.46. The molecular formula is C21H26O4. The summed E-state index contributed by atoms with van der Waals surface area (Å²) in [5.41, 5.74) is 0.786. The van der Waals surface area contributed by atoms with Gasteiger partial charge >= 0.3 is 11.9 Å². The van der Waals surface area contributed by atoms with E-state index < -0.39 is 11.9 Å². The molecule has 0 saturated heterocycles. The fourth-order valence-electron chi connectivity index (χ4n) is 5.81. The van der Waals surface area contributed by atoms with E-state index in [1.807, 2.05) is 0 Å². The van der Waals surface area contributed by atoms with E-state index in [0.29, 0.717) is 17.7 Å². The van der Waals surface area contributed by atoms with Gasteiger partial charge in [0.05, 0.1) is 24.3 Å². The molecule has 0 heterocycles. The highest BCUT2D eigenvalue weighted by Gasteiger charge is 2.51. The summed E-state index contributed by atoms with van der Waals surface area (Å²) in [6, 6.07) is 6.76. The van der Waals surface area contributed by atoms with Crippen LogP contribution in [0.5, 0.6) is 0 Å². The lowest BCUT2D eigenvalue weighted by Gasteiger charge is -2.56. The SMILES string of the molecule is CCOC(=O)c1ccccc1C(=O)OCC12CC3CC(CC(C3)C1)C2. The standard InChI is InChI=1S/C21H26O4/c1-2-24-19(22)17-5-3-4-6-18(17)20(23)25-13-21-10-14-7-15(11-21)9-16(8-14)12-21/h3-6,14-16H,2,7-13H2,1H3. The van der Waals surface area contributed by atoms with Gasteiger partial charge in [-0.05, 0) is 75.3 Å². The number of carbonyl (C=O) groups excluding carboxylic acids is 2. The van der Waals surface area contributed by atoms with E-state index in [2.05, 4.69) is 0 Å². The molecule has 25 heavy (non-hydrogen) atoms. The van der Waals surface area contributed by atoms with Crippen molar-refractivity contribution in [2.75, 3.05) is 13.2 Å². The molecule has 0 aliphatic heterocycles. The lowest BCUT2D eigenvalue weighted by Crippen LogP contribution is -2.48. The van der Waals surface area contributed by atoms with Crippen LogP contribution in [0.3, 0.4) is 0 Å². The fraction of sp³-hybridized carbons (Fsp3) is 0.619. The van der Waals surface area contributed by atoms with Crippen LogP contribution >= 0.6 is 0 Å². The molecule has 1 aromatic carbocycles. The number of esters is 2. The molecule has 4 aliphatic carbocycles. The van der Waals surface area contributed by atoms with Crippen LogP contribution in [0, 0.1) is 23.2 Å². The number of hydrogen-bond acceptors (Lipinski definition) is 4. The van der Waals surface area contributed by atoms with Crippen LogP contribution in [0.2, 0.25) is 0 Å². The van der Waals surface area contributed by atoms with Gasteiger partial charge in [-0.15, -0.1) is 0 Å². The Morgan fingerprint density at radius 2 is 1.40 bits per heavy atom. The molecule has 0 unspecified atom stereocenters. The van der Waals surface area contributed by atoms with Crippen LogP contribution < -0.4 is 0 Å². The molecule has 4 fully saturated rings. The zero-order chi connectivity index (χ0) is 17.4. The molecule has 1 aromatic rings. The summed E-state index contributed by atoms with van der Waals surface area (Å²) in [4.78, 5) is 24.7. The maximum Gasteiger partial charge on any atom is 0.339 e. The van der Waals surface area contributed by atoms with Crippen LogP contribution in [0.15, 0.2) is 24.3 Å². The van der Waals surface area contributed by atoms with Gasteiger partial charge in [-0.3, -0.25) is 0 Å². The second kappa shape index (κ2) is 6.47. The largest absolute Gasteiger partial charge is 0.462 e. The molecule has 0 aromatic heterocycles. The Morgan fingerprint density at radius 1 is 0.920 bits per heavy atom. The zero-order valence-corrected chi connectivity index (χ0v) is 14.8. The minimum Gasteiger partial charge on any atom is -0.462 e. The average molecular weight is 342 g/mol. The van der Waals surface area contributed by atoms with Crippen molar-refractivity contribution in [2.24, 2.45) is 23.2 Å². The molecule has 0 radical (unpaired) electrons. The molecule has 4 heteroatoms. The van der Waals surface area contributed by atoms with Crippen molar-refractivity contribution in [1.82, 2.24) is 0 Å².